The quantitative estimate of drug-likeness (QED) is 0.529. The molecule has 0 unspecified atom stereocenters. The summed E-state index contributed by atoms with van der Waals surface area (Å²) in [6.07, 6.45) is 1.09. The molecule has 1 heterocycles. The van der Waals surface area contributed by atoms with Crippen LogP contribution < -0.4 is 0 Å². The molecule has 0 amide bonds. The lowest BCUT2D eigenvalue weighted by molar-refractivity contribution is 0.174. The highest BCUT2D eigenvalue weighted by Gasteiger charge is 2.24. The highest BCUT2D eigenvalue weighted by Crippen LogP contribution is 2.30. The van der Waals surface area contributed by atoms with Crippen molar-refractivity contribution in [1.82, 2.24) is 0 Å². The van der Waals surface area contributed by atoms with Crippen molar-refractivity contribution in [3.63, 3.8) is 0 Å². The number of halogens is 1. The van der Waals surface area contributed by atoms with Crippen LogP contribution in [0.2, 0.25) is 0 Å². The monoisotopic (exact) mass is 152 g/mol. The molecule has 0 radical (unpaired) electrons. The zero-order valence-electron chi connectivity index (χ0n) is 4.76. The van der Waals surface area contributed by atoms with Gasteiger partial charge in [-0.15, -0.1) is 23.4 Å². The molecule has 0 aliphatic carbocycles. The third-order valence-corrected chi connectivity index (χ3v) is 3.12. The number of hydrogen-bond donors (Lipinski definition) is 0. The second kappa shape index (κ2) is 2.95. The first-order valence-electron chi connectivity index (χ1n) is 2.63. The minimum Gasteiger partial charge on any atom is -0.369 e. The Bertz CT molecular complexity index is 78.8. The first kappa shape index (κ1) is 6.72. The van der Waals surface area contributed by atoms with Gasteiger partial charge >= 0.3 is 0 Å². The van der Waals surface area contributed by atoms with E-state index in [1.54, 1.807) is 18.9 Å². The van der Waals surface area contributed by atoms with Crippen LogP contribution in [0.1, 0.15) is 6.42 Å². The predicted octanol–water partition coefficient (Wildman–Crippen LogP) is 1.70. The molecule has 2 atom stereocenters. The SMILES string of the molecule is CO[C@@H]1SCC[C@H]1Cl. The van der Waals surface area contributed by atoms with E-state index in [1.807, 2.05) is 0 Å². The molecule has 0 bridgehead atoms. The van der Waals surface area contributed by atoms with Crippen LogP contribution in [-0.2, 0) is 4.74 Å². The molecular weight excluding hydrogens is 144 g/mol. The molecule has 1 nitrogen and oxygen atoms in total. The number of ether oxygens (including phenoxy) is 1. The molecule has 3 heteroatoms. The van der Waals surface area contributed by atoms with Crippen LogP contribution in [0.15, 0.2) is 0 Å². The summed E-state index contributed by atoms with van der Waals surface area (Å²) in [7, 11) is 1.71. The Balaban J connectivity index is 2.30. The van der Waals surface area contributed by atoms with Crippen LogP contribution in [0.25, 0.3) is 0 Å². The first-order valence-corrected chi connectivity index (χ1v) is 4.11. The van der Waals surface area contributed by atoms with E-state index in [2.05, 4.69) is 0 Å². The summed E-state index contributed by atoms with van der Waals surface area (Å²) in [6, 6.07) is 0. The fourth-order valence-corrected chi connectivity index (χ4v) is 2.42. The van der Waals surface area contributed by atoms with E-state index >= 15 is 0 Å². The molecule has 1 aliphatic heterocycles. The average Bonchev–Trinajstić information content (AvgIpc) is 2.14. The lowest BCUT2D eigenvalue weighted by atomic mass is 10.3. The minimum absolute atomic E-state index is 0.241. The average molecular weight is 153 g/mol. The van der Waals surface area contributed by atoms with Crippen molar-refractivity contribution in [3.05, 3.63) is 0 Å². The zero-order valence-corrected chi connectivity index (χ0v) is 6.34. The van der Waals surface area contributed by atoms with Gasteiger partial charge in [0.15, 0.2) is 0 Å². The number of hydrogen-bond acceptors (Lipinski definition) is 2. The summed E-state index contributed by atoms with van der Waals surface area (Å²) in [4.78, 5) is 0. The molecule has 1 aliphatic rings. The highest BCUT2D eigenvalue weighted by atomic mass is 35.5. The Hall–Kier alpha value is 0.600. The van der Waals surface area contributed by atoms with Crippen LogP contribution in [-0.4, -0.2) is 23.7 Å². The van der Waals surface area contributed by atoms with Gasteiger partial charge in [0, 0.05) is 7.11 Å². The molecule has 1 fully saturated rings. The molecule has 48 valence electrons. The van der Waals surface area contributed by atoms with Gasteiger partial charge in [0.25, 0.3) is 0 Å². The molecule has 1 rings (SSSR count). The third-order valence-electron chi connectivity index (χ3n) is 1.20. The van der Waals surface area contributed by atoms with Crippen molar-refractivity contribution >= 4 is 23.4 Å². The van der Waals surface area contributed by atoms with Crippen molar-refractivity contribution in [2.75, 3.05) is 12.9 Å². The molecule has 0 saturated carbocycles. The second-order valence-corrected chi connectivity index (χ2v) is 3.55. The van der Waals surface area contributed by atoms with E-state index in [0.29, 0.717) is 0 Å². The van der Waals surface area contributed by atoms with Crippen molar-refractivity contribution in [2.45, 2.75) is 17.2 Å². The maximum atomic E-state index is 5.83. The number of thioether (sulfide) groups is 1. The summed E-state index contributed by atoms with van der Waals surface area (Å²) in [5.74, 6) is 1.15. The molecular formula is C5H9ClOS. The molecule has 0 spiro atoms. The van der Waals surface area contributed by atoms with Crippen LogP contribution >= 0.6 is 23.4 Å². The molecule has 1 saturated heterocycles. The van der Waals surface area contributed by atoms with E-state index < -0.39 is 0 Å². The number of rotatable bonds is 1. The van der Waals surface area contributed by atoms with Gasteiger partial charge in [-0.1, -0.05) is 0 Å². The second-order valence-electron chi connectivity index (χ2n) is 1.78. The summed E-state index contributed by atoms with van der Waals surface area (Å²) in [5, 5.41) is 0.241. The largest absolute Gasteiger partial charge is 0.369 e. The topological polar surface area (TPSA) is 9.23 Å². The van der Waals surface area contributed by atoms with Gasteiger partial charge in [-0.05, 0) is 12.2 Å². The van der Waals surface area contributed by atoms with Crippen molar-refractivity contribution < 1.29 is 4.74 Å². The van der Waals surface area contributed by atoms with Gasteiger partial charge in [0.1, 0.15) is 5.44 Å². The predicted molar refractivity (Wildman–Crippen MR) is 37.5 cm³/mol. The summed E-state index contributed by atoms with van der Waals surface area (Å²) in [5.41, 5.74) is 0.247. The molecule has 0 aromatic heterocycles. The first-order chi connectivity index (χ1) is 3.84. The molecule has 0 aromatic rings. The van der Waals surface area contributed by atoms with Crippen LogP contribution in [0.4, 0.5) is 0 Å². The van der Waals surface area contributed by atoms with Crippen LogP contribution in [0.3, 0.4) is 0 Å². The Labute approximate surface area is 58.7 Å². The minimum atomic E-state index is 0.241. The lowest BCUT2D eigenvalue weighted by Crippen LogP contribution is -2.12. The van der Waals surface area contributed by atoms with E-state index in [9.17, 15) is 0 Å². The lowest BCUT2D eigenvalue weighted by Gasteiger charge is -2.08. The van der Waals surface area contributed by atoms with E-state index in [0.717, 1.165) is 12.2 Å². The maximum Gasteiger partial charge on any atom is 0.119 e. The highest BCUT2D eigenvalue weighted by molar-refractivity contribution is 8.00. The van der Waals surface area contributed by atoms with Gasteiger partial charge in [-0.2, -0.15) is 0 Å². The van der Waals surface area contributed by atoms with Gasteiger partial charge in [0.2, 0.25) is 0 Å². The Morgan fingerprint density at radius 3 is 2.75 bits per heavy atom. The zero-order chi connectivity index (χ0) is 5.98. The summed E-state index contributed by atoms with van der Waals surface area (Å²) >= 11 is 7.63. The van der Waals surface area contributed by atoms with Gasteiger partial charge in [-0.3, -0.25) is 0 Å². The fraction of sp³-hybridized carbons (Fsp3) is 1.00. The van der Waals surface area contributed by atoms with E-state index in [1.165, 1.54) is 0 Å². The van der Waals surface area contributed by atoms with Gasteiger partial charge in [0.05, 0.1) is 5.38 Å². The van der Waals surface area contributed by atoms with Gasteiger partial charge in [-0.25, -0.2) is 0 Å². The summed E-state index contributed by atoms with van der Waals surface area (Å²) < 4.78 is 5.05. The van der Waals surface area contributed by atoms with Crippen molar-refractivity contribution in [2.24, 2.45) is 0 Å². The molecule has 8 heavy (non-hydrogen) atoms. The number of alkyl halides is 1. The Kier molecular flexibility index (Phi) is 2.47. The molecule has 0 N–H and O–H groups in total. The number of methoxy groups -OCH3 is 1. The van der Waals surface area contributed by atoms with Gasteiger partial charge < -0.3 is 4.74 Å². The van der Waals surface area contributed by atoms with Crippen molar-refractivity contribution in [1.29, 1.82) is 0 Å². The van der Waals surface area contributed by atoms with Crippen LogP contribution in [0, 0.1) is 0 Å². The molecule has 0 aromatic carbocycles. The summed E-state index contributed by atoms with van der Waals surface area (Å²) in [6.45, 7) is 0. The Morgan fingerprint density at radius 1 is 1.75 bits per heavy atom. The van der Waals surface area contributed by atoms with Crippen LogP contribution in [0.5, 0.6) is 0 Å². The van der Waals surface area contributed by atoms with E-state index in [-0.39, 0.29) is 10.8 Å². The van der Waals surface area contributed by atoms with E-state index in [4.69, 9.17) is 16.3 Å². The Morgan fingerprint density at radius 2 is 2.50 bits per heavy atom. The third kappa shape index (κ3) is 1.30. The fourth-order valence-electron chi connectivity index (χ4n) is 0.753. The normalized spacial score (nSPS) is 38.2. The van der Waals surface area contributed by atoms with Crippen molar-refractivity contribution in [3.8, 4) is 0 Å². The smallest absolute Gasteiger partial charge is 0.119 e. The standard InChI is InChI=1S/C5H9ClOS/c1-7-5-4(6)2-3-8-5/h4-5H,2-3H2,1H3/t4-,5-/m1/s1. The maximum absolute atomic E-state index is 5.83.